The Balaban J connectivity index is 1.61. The molecule has 3 aromatic rings. The molecule has 3 rings (SSSR count). The lowest BCUT2D eigenvalue weighted by atomic mass is 10.1. The lowest BCUT2D eigenvalue weighted by Crippen LogP contribution is -2.22. The fourth-order valence-electron chi connectivity index (χ4n) is 2.43. The van der Waals surface area contributed by atoms with Crippen LogP contribution in [0.5, 0.6) is 5.75 Å². The molecule has 0 atom stereocenters. The fraction of sp³-hybridized carbons (Fsp3) is 0.167. The first kappa shape index (κ1) is 18.2. The number of halogens is 2. The van der Waals surface area contributed by atoms with Crippen molar-refractivity contribution in [3.8, 4) is 5.75 Å². The lowest BCUT2D eigenvalue weighted by Gasteiger charge is -2.10. The number of carbonyl (C=O) groups is 1. The van der Waals surface area contributed by atoms with Gasteiger partial charge in [-0.25, -0.2) is 9.67 Å². The van der Waals surface area contributed by atoms with E-state index in [-0.39, 0.29) is 5.91 Å². The molecule has 0 fully saturated rings. The number of carbonyl (C=O) groups excluding carboxylic acids is 1. The first-order valence-corrected chi connectivity index (χ1v) is 8.54. The quantitative estimate of drug-likeness (QED) is 0.698. The van der Waals surface area contributed by atoms with Crippen molar-refractivity contribution in [3.63, 3.8) is 0 Å². The Hall–Kier alpha value is -2.57. The van der Waals surface area contributed by atoms with Crippen molar-refractivity contribution in [1.29, 1.82) is 0 Å². The van der Waals surface area contributed by atoms with E-state index in [4.69, 9.17) is 27.9 Å². The molecule has 0 spiro atoms. The van der Waals surface area contributed by atoms with E-state index in [2.05, 4.69) is 15.4 Å². The summed E-state index contributed by atoms with van der Waals surface area (Å²) in [7, 11) is 1.47. The summed E-state index contributed by atoms with van der Waals surface area (Å²) >= 11 is 12.1. The Kier molecular flexibility index (Phi) is 5.75. The van der Waals surface area contributed by atoms with Crippen LogP contribution < -0.4 is 10.1 Å². The molecule has 6 nitrogen and oxygen atoms in total. The summed E-state index contributed by atoms with van der Waals surface area (Å²) in [5.41, 5.74) is 2.45. The first-order chi connectivity index (χ1) is 12.6. The molecule has 134 valence electrons. The zero-order chi connectivity index (χ0) is 18.5. The minimum Gasteiger partial charge on any atom is -0.494 e. The molecule has 1 aromatic heterocycles. The van der Waals surface area contributed by atoms with Crippen LogP contribution in [0.3, 0.4) is 0 Å². The lowest BCUT2D eigenvalue weighted by molar-refractivity contribution is 0.0951. The maximum atomic E-state index is 12.3. The number of methoxy groups -OCH3 is 1. The zero-order valence-corrected chi connectivity index (χ0v) is 15.5. The highest BCUT2D eigenvalue weighted by atomic mass is 35.5. The molecule has 0 aliphatic heterocycles. The average molecular weight is 391 g/mol. The topological polar surface area (TPSA) is 69.0 Å². The molecule has 0 radical (unpaired) electrons. The van der Waals surface area contributed by atoms with Gasteiger partial charge in [-0.2, -0.15) is 5.10 Å². The van der Waals surface area contributed by atoms with Crippen molar-refractivity contribution >= 4 is 29.1 Å². The molecular formula is C18H16Cl2N4O2. The Morgan fingerprint density at radius 1 is 1.15 bits per heavy atom. The number of nitrogens with one attached hydrogen (secondary N) is 1. The van der Waals surface area contributed by atoms with Gasteiger partial charge in [0.05, 0.1) is 23.7 Å². The molecule has 2 aromatic carbocycles. The molecule has 0 saturated carbocycles. The minimum absolute atomic E-state index is 0.261. The van der Waals surface area contributed by atoms with Crippen molar-refractivity contribution in [2.45, 2.75) is 13.1 Å². The first-order valence-electron chi connectivity index (χ1n) is 7.78. The van der Waals surface area contributed by atoms with E-state index in [1.165, 1.54) is 25.6 Å². The highest BCUT2D eigenvalue weighted by Gasteiger charge is 2.13. The van der Waals surface area contributed by atoms with Crippen LogP contribution in [0.2, 0.25) is 10.0 Å². The summed E-state index contributed by atoms with van der Waals surface area (Å²) in [4.78, 5) is 16.2. The minimum atomic E-state index is -0.261. The van der Waals surface area contributed by atoms with E-state index in [1.807, 2.05) is 24.3 Å². The maximum absolute atomic E-state index is 12.3. The third kappa shape index (κ3) is 4.33. The second-order valence-corrected chi connectivity index (χ2v) is 6.38. The summed E-state index contributed by atoms with van der Waals surface area (Å²) in [5.74, 6) is 0.0935. The summed E-state index contributed by atoms with van der Waals surface area (Å²) < 4.78 is 6.83. The number of aromatic nitrogens is 3. The van der Waals surface area contributed by atoms with Crippen molar-refractivity contribution < 1.29 is 9.53 Å². The number of benzene rings is 2. The monoisotopic (exact) mass is 390 g/mol. The van der Waals surface area contributed by atoms with Crippen LogP contribution in [0, 0.1) is 0 Å². The number of amides is 1. The Morgan fingerprint density at radius 3 is 2.38 bits per heavy atom. The highest BCUT2D eigenvalue weighted by Crippen LogP contribution is 2.33. The number of nitrogens with zero attached hydrogens (tertiary/aromatic N) is 3. The van der Waals surface area contributed by atoms with Gasteiger partial charge in [-0.15, -0.1) is 0 Å². The van der Waals surface area contributed by atoms with Gasteiger partial charge in [0.25, 0.3) is 5.91 Å². The molecule has 1 amide bonds. The van der Waals surface area contributed by atoms with E-state index in [0.29, 0.717) is 34.4 Å². The second-order valence-electron chi connectivity index (χ2n) is 5.57. The smallest absolute Gasteiger partial charge is 0.251 e. The van der Waals surface area contributed by atoms with Crippen LogP contribution in [-0.4, -0.2) is 27.8 Å². The zero-order valence-electron chi connectivity index (χ0n) is 13.9. The summed E-state index contributed by atoms with van der Waals surface area (Å²) in [6.07, 6.45) is 3.17. The van der Waals surface area contributed by atoms with Crippen molar-refractivity contribution in [2.75, 3.05) is 7.11 Å². The molecule has 8 heteroatoms. The molecule has 0 aliphatic rings. The van der Waals surface area contributed by atoms with Gasteiger partial charge in [0.2, 0.25) is 0 Å². The van der Waals surface area contributed by atoms with Gasteiger partial charge < -0.3 is 10.1 Å². The predicted molar refractivity (Wildman–Crippen MR) is 99.8 cm³/mol. The SMILES string of the molecule is COc1c(Cl)cc(C(=O)NCc2ccc(Cn3cncn3)cc2)cc1Cl. The average Bonchev–Trinajstić information content (AvgIpc) is 3.13. The van der Waals surface area contributed by atoms with E-state index < -0.39 is 0 Å². The van der Waals surface area contributed by atoms with Crippen LogP contribution in [0.4, 0.5) is 0 Å². The van der Waals surface area contributed by atoms with E-state index >= 15 is 0 Å². The molecule has 26 heavy (non-hydrogen) atoms. The van der Waals surface area contributed by atoms with Gasteiger partial charge in [-0.05, 0) is 23.3 Å². The van der Waals surface area contributed by atoms with Gasteiger partial charge in [0.15, 0.2) is 5.75 Å². The number of hydrogen-bond acceptors (Lipinski definition) is 4. The molecule has 0 saturated heterocycles. The Bertz CT molecular complexity index is 873. The molecule has 0 unspecified atom stereocenters. The Morgan fingerprint density at radius 2 is 1.81 bits per heavy atom. The maximum Gasteiger partial charge on any atom is 0.251 e. The normalized spacial score (nSPS) is 10.6. The van der Waals surface area contributed by atoms with Crippen LogP contribution >= 0.6 is 23.2 Å². The van der Waals surface area contributed by atoms with Crippen LogP contribution in [0.1, 0.15) is 21.5 Å². The van der Waals surface area contributed by atoms with E-state index in [9.17, 15) is 4.79 Å². The van der Waals surface area contributed by atoms with E-state index in [0.717, 1.165) is 11.1 Å². The molecule has 1 N–H and O–H groups in total. The van der Waals surface area contributed by atoms with Crippen LogP contribution in [0.15, 0.2) is 49.1 Å². The fourth-order valence-corrected chi connectivity index (χ4v) is 3.08. The summed E-state index contributed by atoms with van der Waals surface area (Å²) in [5, 5.41) is 7.51. The molecular weight excluding hydrogens is 375 g/mol. The largest absolute Gasteiger partial charge is 0.494 e. The summed E-state index contributed by atoms with van der Waals surface area (Å²) in [6.45, 7) is 1.04. The van der Waals surface area contributed by atoms with Crippen molar-refractivity contribution in [1.82, 2.24) is 20.1 Å². The second kappa shape index (κ2) is 8.21. The number of rotatable bonds is 6. The number of ether oxygens (including phenoxy) is 1. The van der Waals surface area contributed by atoms with Gasteiger partial charge in [-0.1, -0.05) is 47.5 Å². The van der Waals surface area contributed by atoms with Gasteiger partial charge in [0, 0.05) is 12.1 Å². The van der Waals surface area contributed by atoms with Gasteiger partial charge in [0.1, 0.15) is 12.7 Å². The van der Waals surface area contributed by atoms with Crippen LogP contribution in [0.25, 0.3) is 0 Å². The van der Waals surface area contributed by atoms with Crippen molar-refractivity contribution in [3.05, 3.63) is 75.8 Å². The van der Waals surface area contributed by atoms with Crippen molar-refractivity contribution in [2.24, 2.45) is 0 Å². The number of hydrogen-bond donors (Lipinski definition) is 1. The Labute approximate surface area is 160 Å². The third-order valence-corrected chi connectivity index (χ3v) is 4.31. The third-order valence-electron chi connectivity index (χ3n) is 3.75. The standard InChI is InChI=1S/C18H16Cl2N4O2/c1-26-17-15(19)6-14(7-16(17)20)18(25)22-8-12-2-4-13(5-3-12)9-24-11-21-10-23-24/h2-7,10-11H,8-9H2,1H3,(H,22,25). The van der Waals surface area contributed by atoms with Crippen LogP contribution in [-0.2, 0) is 13.1 Å². The molecule has 0 aliphatic carbocycles. The molecule has 0 bridgehead atoms. The summed E-state index contributed by atoms with van der Waals surface area (Å²) in [6, 6.07) is 11.0. The van der Waals surface area contributed by atoms with Gasteiger partial charge >= 0.3 is 0 Å². The van der Waals surface area contributed by atoms with Gasteiger partial charge in [-0.3, -0.25) is 4.79 Å². The van der Waals surface area contributed by atoms with E-state index in [1.54, 1.807) is 11.0 Å². The highest BCUT2D eigenvalue weighted by molar-refractivity contribution is 6.37. The molecule has 1 heterocycles. The predicted octanol–water partition coefficient (Wildman–Crippen LogP) is 3.57.